The van der Waals surface area contributed by atoms with E-state index in [0.717, 1.165) is 0 Å². The SMILES string of the molecule is CCCCCCCCCC.N.O=CO. The van der Waals surface area contributed by atoms with Crippen LogP contribution in [0.5, 0.6) is 0 Å². The molecule has 0 radical (unpaired) electrons. The average Bonchev–Trinajstić information content (AvgIpc) is 2.13. The van der Waals surface area contributed by atoms with Crippen molar-refractivity contribution in [2.75, 3.05) is 0 Å². The van der Waals surface area contributed by atoms with E-state index in [1.165, 1.54) is 51.4 Å². The second-order valence-corrected chi connectivity index (χ2v) is 3.23. The normalized spacial score (nSPS) is 8.14. The van der Waals surface area contributed by atoms with Gasteiger partial charge in [-0.25, -0.2) is 0 Å². The Morgan fingerprint density at radius 1 is 0.857 bits per heavy atom. The van der Waals surface area contributed by atoms with Crippen molar-refractivity contribution >= 4 is 6.47 Å². The van der Waals surface area contributed by atoms with Gasteiger partial charge in [-0.15, -0.1) is 0 Å². The fourth-order valence-corrected chi connectivity index (χ4v) is 1.21. The highest BCUT2D eigenvalue weighted by Gasteiger charge is 1.87. The molecule has 0 saturated heterocycles. The molecule has 0 fully saturated rings. The molecule has 0 aliphatic heterocycles. The van der Waals surface area contributed by atoms with Crippen molar-refractivity contribution in [3.63, 3.8) is 0 Å². The van der Waals surface area contributed by atoms with Crippen LogP contribution in [-0.4, -0.2) is 11.6 Å². The van der Waals surface area contributed by atoms with Crippen LogP contribution in [0.2, 0.25) is 0 Å². The van der Waals surface area contributed by atoms with E-state index in [1.807, 2.05) is 0 Å². The zero-order valence-corrected chi connectivity index (χ0v) is 9.80. The van der Waals surface area contributed by atoms with Gasteiger partial charge in [-0.3, -0.25) is 4.79 Å². The molecule has 0 aliphatic rings. The number of hydrogen-bond acceptors (Lipinski definition) is 2. The van der Waals surface area contributed by atoms with E-state index in [1.54, 1.807) is 0 Å². The van der Waals surface area contributed by atoms with E-state index in [9.17, 15) is 0 Å². The van der Waals surface area contributed by atoms with E-state index in [4.69, 9.17) is 9.90 Å². The smallest absolute Gasteiger partial charge is 0.290 e. The molecule has 0 atom stereocenters. The monoisotopic (exact) mass is 205 g/mol. The van der Waals surface area contributed by atoms with E-state index in [0.29, 0.717) is 0 Å². The topological polar surface area (TPSA) is 72.3 Å². The summed E-state index contributed by atoms with van der Waals surface area (Å²) in [5.74, 6) is 0. The first-order valence-electron chi connectivity index (χ1n) is 5.41. The van der Waals surface area contributed by atoms with Crippen molar-refractivity contribution in [1.29, 1.82) is 0 Å². The van der Waals surface area contributed by atoms with Gasteiger partial charge >= 0.3 is 0 Å². The molecule has 3 nitrogen and oxygen atoms in total. The minimum atomic E-state index is -0.250. The molecule has 0 aromatic carbocycles. The van der Waals surface area contributed by atoms with Crippen LogP contribution in [-0.2, 0) is 4.79 Å². The average molecular weight is 205 g/mol. The molecule has 0 bridgehead atoms. The summed E-state index contributed by atoms with van der Waals surface area (Å²) in [6.45, 7) is 4.29. The van der Waals surface area contributed by atoms with Crippen LogP contribution in [0, 0.1) is 0 Å². The van der Waals surface area contributed by atoms with E-state index in [-0.39, 0.29) is 12.6 Å². The second kappa shape index (κ2) is 22.9. The van der Waals surface area contributed by atoms with Gasteiger partial charge in [0.1, 0.15) is 0 Å². The summed E-state index contributed by atoms with van der Waals surface area (Å²) < 4.78 is 0. The van der Waals surface area contributed by atoms with Crippen molar-refractivity contribution < 1.29 is 9.90 Å². The molecule has 0 aromatic rings. The minimum absolute atomic E-state index is 0. The lowest BCUT2D eigenvalue weighted by molar-refractivity contribution is -0.122. The van der Waals surface area contributed by atoms with E-state index in [2.05, 4.69) is 13.8 Å². The van der Waals surface area contributed by atoms with Gasteiger partial charge in [0.25, 0.3) is 6.47 Å². The summed E-state index contributed by atoms with van der Waals surface area (Å²) in [4.78, 5) is 8.36. The molecule has 0 heterocycles. The van der Waals surface area contributed by atoms with Gasteiger partial charge < -0.3 is 11.3 Å². The zero-order valence-electron chi connectivity index (χ0n) is 9.80. The molecule has 14 heavy (non-hydrogen) atoms. The van der Waals surface area contributed by atoms with Crippen LogP contribution >= 0.6 is 0 Å². The quantitative estimate of drug-likeness (QED) is 0.487. The van der Waals surface area contributed by atoms with Crippen molar-refractivity contribution in [1.82, 2.24) is 6.15 Å². The third kappa shape index (κ3) is 30.1. The van der Waals surface area contributed by atoms with Gasteiger partial charge in [0.15, 0.2) is 0 Å². The van der Waals surface area contributed by atoms with Gasteiger partial charge in [0.2, 0.25) is 0 Å². The molecule has 0 unspecified atom stereocenters. The Morgan fingerprint density at radius 2 is 1.07 bits per heavy atom. The third-order valence-corrected chi connectivity index (χ3v) is 1.96. The zero-order chi connectivity index (χ0) is 10.4. The van der Waals surface area contributed by atoms with Crippen LogP contribution in [0.1, 0.15) is 65.2 Å². The van der Waals surface area contributed by atoms with Gasteiger partial charge in [-0.05, 0) is 0 Å². The fraction of sp³-hybridized carbons (Fsp3) is 0.909. The first kappa shape index (κ1) is 19.1. The molecular weight excluding hydrogens is 178 g/mol. The lowest BCUT2D eigenvalue weighted by atomic mass is 10.1. The number of rotatable bonds is 7. The minimum Gasteiger partial charge on any atom is -0.483 e. The van der Waals surface area contributed by atoms with Crippen LogP contribution < -0.4 is 6.15 Å². The molecule has 0 amide bonds. The summed E-state index contributed by atoms with van der Waals surface area (Å²) in [6, 6.07) is 0. The Kier molecular flexibility index (Phi) is 31.1. The Labute approximate surface area is 88.5 Å². The number of unbranched alkanes of at least 4 members (excludes halogenated alkanes) is 7. The maximum Gasteiger partial charge on any atom is 0.290 e. The molecule has 0 aromatic heterocycles. The Hall–Kier alpha value is -0.570. The lowest BCUT2D eigenvalue weighted by Gasteiger charge is -1.97. The van der Waals surface area contributed by atoms with Crippen molar-refractivity contribution in [2.24, 2.45) is 0 Å². The van der Waals surface area contributed by atoms with Gasteiger partial charge in [0.05, 0.1) is 0 Å². The molecule has 3 heteroatoms. The van der Waals surface area contributed by atoms with Crippen molar-refractivity contribution in [3.05, 3.63) is 0 Å². The highest BCUT2D eigenvalue weighted by molar-refractivity contribution is 5.32. The standard InChI is InChI=1S/C10H22.CH2O2.H3N/c1-3-5-7-9-10-8-6-4-2;2-1-3;/h3-10H2,1-2H3;1H,(H,2,3);1H3. The Morgan fingerprint density at radius 3 is 1.29 bits per heavy atom. The van der Waals surface area contributed by atoms with Crippen LogP contribution in [0.3, 0.4) is 0 Å². The first-order chi connectivity index (χ1) is 6.33. The molecule has 88 valence electrons. The van der Waals surface area contributed by atoms with Crippen molar-refractivity contribution in [3.8, 4) is 0 Å². The van der Waals surface area contributed by atoms with Gasteiger partial charge in [-0.2, -0.15) is 0 Å². The highest BCUT2D eigenvalue weighted by Crippen LogP contribution is 2.07. The number of carboxylic acid groups (broad SMARTS) is 1. The first-order valence-corrected chi connectivity index (χ1v) is 5.41. The summed E-state index contributed by atoms with van der Waals surface area (Å²) in [7, 11) is 0. The number of hydrogen-bond donors (Lipinski definition) is 2. The summed E-state index contributed by atoms with van der Waals surface area (Å²) in [5, 5.41) is 6.89. The van der Waals surface area contributed by atoms with Gasteiger partial charge in [-0.1, -0.05) is 65.2 Å². The van der Waals surface area contributed by atoms with E-state index >= 15 is 0 Å². The Balaban J connectivity index is -0.000000267. The Bertz CT molecular complexity index is 79.4. The summed E-state index contributed by atoms with van der Waals surface area (Å²) >= 11 is 0. The van der Waals surface area contributed by atoms with Crippen LogP contribution in [0.4, 0.5) is 0 Å². The number of carbonyl (C=O) groups is 1. The fourth-order valence-electron chi connectivity index (χ4n) is 1.21. The summed E-state index contributed by atoms with van der Waals surface area (Å²) in [6.07, 6.45) is 11.5. The molecule has 0 saturated carbocycles. The van der Waals surface area contributed by atoms with Gasteiger partial charge in [0, 0.05) is 0 Å². The largest absolute Gasteiger partial charge is 0.483 e. The molecule has 0 spiro atoms. The van der Waals surface area contributed by atoms with Crippen LogP contribution in [0.25, 0.3) is 0 Å². The maximum absolute atomic E-state index is 8.36. The predicted molar refractivity (Wildman–Crippen MR) is 62.0 cm³/mol. The maximum atomic E-state index is 8.36. The predicted octanol–water partition coefficient (Wildman–Crippen LogP) is 4.01. The van der Waals surface area contributed by atoms with E-state index < -0.39 is 0 Å². The van der Waals surface area contributed by atoms with Crippen LogP contribution in [0.15, 0.2) is 0 Å². The molecule has 4 N–H and O–H groups in total. The molecule has 0 aliphatic carbocycles. The lowest BCUT2D eigenvalue weighted by Crippen LogP contribution is -1.77. The second-order valence-electron chi connectivity index (χ2n) is 3.23. The highest BCUT2D eigenvalue weighted by atomic mass is 16.3. The summed E-state index contributed by atoms with van der Waals surface area (Å²) in [5.41, 5.74) is 0. The molecular formula is C11H27NO2. The third-order valence-electron chi connectivity index (χ3n) is 1.96. The molecule has 0 rings (SSSR count). The van der Waals surface area contributed by atoms with Crippen molar-refractivity contribution in [2.45, 2.75) is 65.2 Å².